The summed E-state index contributed by atoms with van der Waals surface area (Å²) in [6, 6.07) is 2.93. The number of carbonyl (C=O) groups is 3. The lowest BCUT2D eigenvalue weighted by Gasteiger charge is -2.38. The molecular weight excluding hydrogens is 944 g/mol. The molecular formula is C55H67FN4O13. The number of ether oxygens (including phenoxy) is 4. The van der Waals surface area contributed by atoms with Crippen LogP contribution in [0.1, 0.15) is 101 Å². The first kappa shape index (κ1) is 52.8. The van der Waals surface area contributed by atoms with E-state index in [1.54, 1.807) is 52.8 Å². The first-order valence-electron chi connectivity index (χ1n) is 24.9. The number of Topliss-reactive ketones (excluding diaryl/α,β-unsaturated/α-hetero) is 1. The fourth-order valence-electron chi connectivity index (χ4n) is 10.7. The average Bonchev–Trinajstić information content (AvgIpc) is 4.04. The number of halogens is 1. The van der Waals surface area contributed by atoms with Crippen molar-refractivity contribution in [3.05, 3.63) is 92.8 Å². The van der Waals surface area contributed by atoms with E-state index in [4.69, 9.17) is 18.9 Å². The summed E-state index contributed by atoms with van der Waals surface area (Å²) in [7, 11) is 1.43. The van der Waals surface area contributed by atoms with Gasteiger partial charge in [0.2, 0.25) is 0 Å². The maximum Gasteiger partial charge on any atom is 0.312 e. The lowest BCUT2D eigenvalue weighted by Crippen LogP contribution is -2.46. The zero-order valence-corrected chi connectivity index (χ0v) is 42.9. The minimum absolute atomic E-state index is 0.0265. The Morgan fingerprint density at radius 1 is 0.945 bits per heavy atom. The number of aliphatic hydroxyl groups is 2. The van der Waals surface area contributed by atoms with Gasteiger partial charge in [0.05, 0.1) is 52.4 Å². The standard InChI is InChI=1S/C55H67FN4O13/c1-25-12-11-13-26(2)54(69)58-44-36(22-57-33-16-18-59(24-33)39-21-38-35(20-37(39)56)46(63)27(3)23-60(38)34-14-15-34)49(66)41-42(50(44)67)48(65)31(7)52-43(41)53(68)55(9,73-52)71-19-17-40(70-10)28(4)51(72-32(8)61)30(6)47(64)29(5)45(25)62/h11-13,17,19-21,23,25,28-30,33-34,40,45,47,51,57,62,64-67H,14-16,18,22,24H2,1-10H3,(H,58,69)/b12-11+,19-17+,26-13-/t25-,28+,29+,30+,33-,40-,45-,47+,51+,55-/m0/s1. The number of aromatic hydroxyl groups is 3. The number of aromatic nitrogens is 1. The molecule has 5 aliphatic rings. The fraction of sp³-hybridized carbons (Fsp3) is 0.491. The first-order valence-corrected chi connectivity index (χ1v) is 24.9. The van der Waals surface area contributed by atoms with Crippen molar-refractivity contribution in [2.45, 2.75) is 130 Å². The number of amides is 1. The fourth-order valence-corrected chi connectivity index (χ4v) is 10.7. The van der Waals surface area contributed by atoms with E-state index in [1.165, 1.54) is 59.3 Å². The largest absolute Gasteiger partial charge is 0.507 e. The molecule has 2 fully saturated rings. The van der Waals surface area contributed by atoms with E-state index < -0.39 is 94.6 Å². The van der Waals surface area contributed by atoms with Crippen LogP contribution in [0.25, 0.3) is 21.7 Å². The number of hydrogen-bond acceptors (Lipinski definition) is 15. The molecule has 3 aromatic carbocycles. The van der Waals surface area contributed by atoms with Crippen molar-refractivity contribution < 1.29 is 63.3 Å². The molecule has 9 rings (SSSR count). The SMILES string of the molecule is CO[C@H]1/C=C/O[C@@]2(C)Oc3c(C)c(O)c4c(O)c(c(CN[C@H]5CCN(c6cc7c(cc6F)c(=O)c(C)cn7C6CC6)C5)c(O)c4c3C2=O)NC(=O)/C(C)=C\C=C\[C@H](C)[C@H](O)[C@@H](C)[C@@H](O)[C@@H](C)[C@H](OC(C)=O)[C@@H]1C. The highest BCUT2D eigenvalue weighted by Gasteiger charge is 2.50. The van der Waals surface area contributed by atoms with Crippen LogP contribution in [0.3, 0.4) is 0 Å². The van der Waals surface area contributed by atoms with Crippen LogP contribution in [0.15, 0.2) is 59.3 Å². The monoisotopic (exact) mass is 1010 g/mol. The second-order valence-corrected chi connectivity index (χ2v) is 20.6. The number of carbonyl (C=O) groups excluding carboxylic acids is 3. The van der Waals surface area contributed by atoms with Crippen molar-refractivity contribution in [2.24, 2.45) is 23.7 Å². The first-order chi connectivity index (χ1) is 34.5. The molecule has 7 N–H and O–H groups in total. The molecule has 4 aromatic rings. The Bertz CT molecular complexity index is 3040. The predicted octanol–water partition coefficient (Wildman–Crippen LogP) is 7.22. The van der Waals surface area contributed by atoms with Gasteiger partial charge in [-0.25, -0.2) is 4.39 Å². The van der Waals surface area contributed by atoms with Gasteiger partial charge >= 0.3 is 11.8 Å². The molecule has 1 saturated carbocycles. The number of nitrogens with one attached hydrogen (secondary N) is 2. The molecule has 17 nitrogen and oxygen atoms in total. The molecule has 4 aliphatic heterocycles. The van der Waals surface area contributed by atoms with Crippen LogP contribution in [-0.4, -0.2) is 104 Å². The van der Waals surface area contributed by atoms with Crippen LogP contribution in [-0.2, 0) is 30.3 Å². The highest BCUT2D eigenvalue weighted by Crippen LogP contribution is 2.55. The number of hydrogen-bond donors (Lipinski definition) is 7. The molecule has 1 saturated heterocycles. The number of esters is 1. The lowest BCUT2D eigenvalue weighted by atomic mass is 9.78. The molecule has 1 aliphatic carbocycles. The number of phenolic OH excluding ortho intramolecular Hbond substituents is 3. The lowest BCUT2D eigenvalue weighted by molar-refractivity contribution is -0.160. The summed E-state index contributed by atoms with van der Waals surface area (Å²) in [6.45, 7) is 14.7. The third-order valence-electron chi connectivity index (χ3n) is 15.4. The van der Waals surface area contributed by atoms with Gasteiger partial charge in [0.15, 0.2) is 11.2 Å². The van der Waals surface area contributed by atoms with E-state index in [9.17, 15) is 44.7 Å². The van der Waals surface area contributed by atoms with Gasteiger partial charge < -0.3 is 64.6 Å². The van der Waals surface area contributed by atoms with Crippen molar-refractivity contribution in [1.29, 1.82) is 0 Å². The maximum atomic E-state index is 16.0. The van der Waals surface area contributed by atoms with Crippen molar-refractivity contribution in [2.75, 3.05) is 30.4 Å². The van der Waals surface area contributed by atoms with Gasteiger partial charge in [-0.1, -0.05) is 45.9 Å². The molecule has 0 radical (unpaired) electrons. The Hall–Kier alpha value is -6.47. The number of methoxy groups -OCH3 is 1. The normalized spacial score (nSPS) is 29.7. The summed E-state index contributed by atoms with van der Waals surface area (Å²) in [5, 5.41) is 65.4. The van der Waals surface area contributed by atoms with Gasteiger partial charge in [-0.05, 0) is 58.2 Å². The summed E-state index contributed by atoms with van der Waals surface area (Å²) < 4.78 is 41.8. The number of anilines is 2. The highest BCUT2D eigenvalue weighted by molar-refractivity contribution is 6.22. The highest BCUT2D eigenvalue weighted by atomic mass is 19.1. The maximum absolute atomic E-state index is 16.0. The summed E-state index contributed by atoms with van der Waals surface area (Å²) in [4.78, 5) is 56.2. The van der Waals surface area contributed by atoms with Gasteiger partial charge in [-0.3, -0.25) is 19.2 Å². The number of aliphatic hydroxyl groups excluding tert-OH is 2. The van der Waals surface area contributed by atoms with Crippen LogP contribution in [0.4, 0.5) is 15.8 Å². The molecule has 18 heteroatoms. The number of ketones is 1. The molecule has 5 heterocycles. The molecule has 392 valence electrons. The third kappa shape index (κ3) is 9.77. The minimum Gasteiger partial charge on any atom is -0.507 e. The predicted molar refractivity (Wildman–Crippen MR) is 272 cm³/mol. The van der Waals surface area contributed by atoms with Crippen molar-refractivity contribution in [3.63, 3.8) is 0 Å². The smallest absolute Gasteiger partial charge is 0.312 e. The number of pyridine rings is 1. The van der Waals surface area contributed by atoms with Crippen LogP contribution in [0.5, 0.6) is 23.0 Å². The summed E-state index contributed by atoms with van der Waals surface area (Å²) >= 11 is 0. The van der Waals surface area contributed by atoms with E-state index in [2.05, 4.69) is 15.2 Å². The molecule has 0 unspecified atom stereocenters. The summed E-state index contributed by atoms with van der Waals surface area (Å²) in [5.41, 5.74) is 0.975. The van der Waals surface area contributed by atoms with Crippen LogP contribution < -0.4 is 25.7 Å². The van der Waals surface area contributed by atoms with Gasteiger partial charge in [0, 0.05) is 116 Å². The van der Waals surface area contributed by atoms with E-state index in [0.29, 0.717) is 41.7 Å². The van der Waals surface area contributed by atoms with Crippen LogP contribution >= 0.6 is 0 Å². The molecule has 0 spiro atoms. The molecule has 1 aromatic heterocycles. The van der Waals surface area contributed by atoms with Gasteiger partial charge in [-0.2, -0.15) is 0 Å². The molecule has 1 amide bonds. The number of fused-ring (bicyclic) bond motifs is 15. The Morgan fingerprint density at radius 2 is 1.66 bits per heavy atom. The van der Waals surface area contributed by atoms with Crippen molar-refractivity contribution in [1.82, 2.24) is 9.88 Å². The number of allylic oxidation sites excluding steroid dienone is 2. The number of phenols is 3. The summed E-state index contributed by atoms with van der Waals surface area (Å²) in [5.74, 6) is -9.21. The second-order valence-electron chi connectivity index (χ2n) is 20.6. The van der Waals surface area contributed by atoms with Crippen LogP contribution in [0.2, 0.25) is 0 Å². The average molecular weight is 1010 g/mol. The van der Waals surface area contributed by atoms with Gasteiger partial charge in [0.1, 0.15) is 29.2 Å². The van der Waals surface area contributed by atoms with E-state index >= 15 is 4.39 Å². The Balaban J connectivity index is 1.19. The van der Waals surface area contributed by atoms with Gasteiger partial charge in [0.25, 0.3) is 11.7 Å². The molecule has 73 heavy (non-hydrogen) atoms. The van der Waals surface area contributed by atoms with E-state index in [-0.39, 0.29) is 68.5 Å². The second kappa shape index (κ2) is 20.4. The Morgan fingerprint density at radius 3 is 2.33 bits per heavy atom. The number of aryl methyl sites for hydroxylation is 1. The zero-order chi connectivity index (χ0) is 53.1. The topological polar surface area (TPSA) is 239 Å². The molecule has 10 atom stereocenters. The van der Waals surface area contributed by atoms with E-state index in [0.717, 1.165) is 12.8 Å². The number of nitrogens with zero attached hydrogens (tertiary/aromatic N) is 2. The number of rotatable bonds is 7. The number of benzene rings is 3. The van der Waals surface area contributed by atoms with Crippen molar-refractivity contribution in [3.8, 4) is 23.0 Å². The summed E-state index contributed by atoms with van der Waals surface area (Å²) in [6.07, 6.45) is 7.66. The van der Waals surface area contributed by atoms with Gasteiger partial charge in [-0.15, -0.1) is 0 Å². The molecule has 5 bridgehead atoms. The quantitative estimate of drug-likeness (QED) is 0.0550. The van der Waals surface area contributed by atoms with Crippen LogP contribution in [0, 0.1) is 43.3 Å². The minimum atomic E-state index is -2.10. The third-order valence-corrected chi connectivity index (χ3v) is 15.4. The van der Waals surface area contributed by atoms with Crippen molar-refractivity contribution >= 4 is 50.7 Å². The Labute approximate surface area is 422 Å². The van der Waals surface area contributed by atoms with E-state index in [1.807, 2.05) is 11.1 Å². The Kier molecular flexibility index (Phi) is 14.8. The zero-order valence-electron chi connectivity index (χ0n) is 42.9.